The first-order chi connectivity index (χ1) is 18.1. The summed E-state index contributed by atoms with van der Waals surface area (Å²) in [6.07, 6.45) is 0.898. The molecule has 0 atom stereocenters. The number of esters is 1. The van der Waals surface area contributed by atoms with E-state index in [1.165, 1.54) is 40.4 Å². The number of rotatable bonds is 8. The summed E-state index contributed by atoms with van der Waals surface area (Å²) in [5.74, 6) is 0.592. The lowest BCUT2D eigenvalue weighted by atomic mass is 9.98. The van der Waals surface area contributed by atoms with E-state index in [2.05, 4.69) is 84.3 Å². The van der Waals surface area contributed by atoms with Gasteiger partial charge in [0.05, 0.1) is 18.7 Å². The molecule has 0 unspecified atom stereocenters. The fourth-order valence-corrected chi connectivity index (χ4v) is 6.01. The number of carbonyl (C=O) groups excluding carboxylic acids is 1. The molecule has 186 valence electrons. The van der Waals surface area contributed by atoms with Gasteiger partial charge in [0.25, 0.3) is 0 Å². The maximum absolute atomic E-state index is 11.7. The molecule has 5 rings (SSSR count). The van der Waals surface area contributed by atoms with E-state index in [-0.39, 0.29) is 12.0 Å². The zero-order valence-corrected chi connectivity index (χ0v) is 22.4. The Balaban J connectivity index is 1.51. The van der Waals surface area contributed by atoms with Crippen LogP contribution in [0, 0.1) is 6.92 Å². The van der Waals surface area contributed by atoms with Crippen LogP contribution in [0.15, 0.2) is 108 Å². The molecular weight excluding hydrogens is 498 g/mol. The number of thioether (sulfide) groups is 1. The summed E-state index contributed by atoms with van der Waals surface area (Å²) < 4.78 is 7.27. The third kappa shape index (κ3) is 5.31. The minimum atomic E-state index is -0.316. The van der Waals surface area contributed by atoms with Crippen LogP contribution in [0.3, 0.4) is 0 Å². The number of aryl methyl sites for hydroxylation is 1. The quantitative estimate of drug-likeness (QED) is 0.151. The number of fused-ring (bicyclic) bond motifs is 1. The minimum absolute atomic E-state index is 0.0540. The fraction of sp³-hybridized carbons (Fsp3) is 0.156. The number of methoxy groups -OCH3 is 1. The van der Waals surface area contributed by atoms with Gasteiger partial charge >= 0.3 is 5.97 Å². The molecule has 4 aromatic carbocycles. The van der Waals surface area contributed by atoms with Gasteiger partial charge in [-0.3, -0.25) is 0 Å². The van der Waals surface area contributed by atoms with Crippen LogP contribution in [0.2, 0.25) is 5.02 Å². The Labute approximate surface area is 227 Å². The Morgan fingerprint density at radius 3 is 2.11 bits per heavy atom. The van der Waals surface area contributed by atoms with Gasteiger partial charge in [-0.2, -0.15) is 0 Å². The monoisotopic (exact) mass is 525 g/mol. The molecule has 0 amide bonds. The van der Waals surface area contributed by atoms with Gasteiger partial charge in [0.1, 0.15) is 0 Å². The zero-order valence-electron chi connectivity index (χ0n) is 20.9. The lowest BCUT2D eigenvalue weighted by molar-refractivity contribution is 0.0600. The van der Waals surface area contributed by atoms with Crippen LogP contribution in [0.25, 0.3) is 10.9 Å². The molecule has 0 fully saturated rings. The molecule has 0 saturated heterocycles. The van der Waals surface area contributed by atoms with Crippen LogP contribution in [0.4, 0.5) is 0 Å². The Morgan fingerprint density at radius 1 is 0.892 bits per heavy atom. The van der Waals surface area contributed by atoms with Crippen molar-refractivity contribution in [2.75, 3.05) is 12.9 Å². The van der Waals surface area contributed by atoms with E-state index >= 15 is 0 Å². The Bertz CT molecular complexity index is 1470. The number of carbonyl (C=O) groups is 1. The molecule has 0 N–H and O–H groups in total. The summed E-state index contributed by atoms with van der Waals surface area (Å²) in [5, 5.41) is 1.94. The second kappa shape index (κ2) is 11.3. The Kier molecular flexibility index (Phi) is 7.68. The molecular formula is C32H28ClNO2S. The molecule has 1 heterocycles. The van der Waals surface area contributed by atoms with Crippen LogP contribution in [-0.2, 0) is 11.2 Å². The SMILES string of the molecule is COC(=O)c1ccc(SCCc2c(C)n(C(c3ccccc3)c3ccccc3)c3ccc(Cl)cc23)cc1. The highest BCUT2D eigenvalue weighted by atomic mass is 35.5. The predicted octanol–water partition coefficient (Wildman–Crippen LogP) is 8.36. The van der Waals surface area contributed by atoms with Crippen LogP contribution >= 0.6 is 23.4 Å². The lowest BCUT2D eigenvalue weighted by Crippen LogP contribution is -2.14. The summed E-state index contributed by atoms with van der Waals surface area (Å²) in [6.45, 7) is 2.22. The van der Waals surface area contributed by atoms with E-state index in [0.717, 1.165) is 22.1 Å². The molecule has 0 radical (unpaired) electrons. The highest BCUT2D eigenvalue weighted by molar-refractivity contribution is 7.99. The summed E-state index contributed by atoms with van der Waals surface area (Å²) in [7, 11) is 1.40. The molecule has 0 spiro atoms. The van der Waals surface area contributed by atoms with Crippen molar-refractivity contribution in [3.05, 3.63) is 136 Å². The number of halogens is 1. The highest BCUT2D eigenvalue weighted by Gasteiger charge is 2.23. The van der Waals surface area contributed by atoms with Crippen LogP contribution in [0.1, 0.15) is 38.8 Å². The minimum Gasteiger partial charge on any atom is -0.465 e. The molecule has 0 aliphatic heterocycles. The molecule has 3 nitrogen and oxygen atoms in total. The topological polar surface area (TPSA) is 31.2 Å². The van der Waals surface area contributed by atoms with Crippen molar-refractivity contribution in [2.24, 2.45) is 0 Å². The molecule has 0 saturated carbocycles. The van der Waals surface area contributed by atoms with Crippen LogP contribution in [0.5, 0.6) is 0 Å². The lowest BCUT2D eigenvalue weighted by Gasteiger charge is -2.23. The first kappa shape index (κ1) is 25.2. The van der Waals surface area contributed by atoms with Crippen molar-refractivity contribution in [3.63, 3.8) is 0 Å². The van der Waals surface area contributed by atoms with Crippen molar-refractivity contribution < 1.29 is 9.53 Å². The van der Waals surface area contributed by atoms with Crippen molar-refractivity contribution in [2.45, 2.75) is 24.3 Å². The van der Waals surface area contributed by atoms with Gasteiger partial charge in [-0.1, -0.05) is 72.3 Å². The number of aromatic nitrogens is 1. The number of ether oxygens (including phenoxy) is 1. The van der Waals surface area contributed by atoms with Crippen molar-refractivity contribution in [1.82, 2.24) is 4.57 Å². The largest absolute Gasteiger partial charge is 0.465 e. The summed E-state index contributed by atoms with van der Waals surface area (Å²) in [6, 6.07) is 35.2. The van der Waals surface area contributed by atoms with Gasteiger partial charge in [0.2, 0.25) is 0 Å². The van der Waals surface area contributed by atoms with E-state index in [4.69, 9.17) is 16.3 Å². The van der Waals surface area contributed by atoms with Crippen molar-refractivity contribution in [1.29, 1.82) is 0 Å². The first-order valence-electron chi connectivity index (χ1n) is 12.3. The number of nitrogens with zero attached hydrogens (tertiary/aromatic N) is 1. The molecule has 0 aliphatic rings. The Hall–Kier alpha value is -3.47. The van der Waals surface area contributed by atoms with E-state index in [0.29, 0.717) is 5.56 Å². The first-order valence-corrected chi connectivity index (χ1v) is 13.6. The van der Waals surface area contributed by atoms with Gasteiger partial charge in [0, 0.05) is 32.3 Å². The average molecular weight is 526 g/mol. The molecule has 0 aliphatic carbocycles. The zero-order chi connectivity index (χ0) is 25.8. The van der Waals surface area contributed by atoms with E-state index in [1.54, 1.807) is 11.8 Å². The molecule has 37 heavy (non-hydrogen) atoms. The van der Waals surface area contributed by atoms with Gasteiger partial charge in [0.15, 0.2) is 0 Å². The van der Waals surface area contributed by atoms with E-state index in [9.17, 15) is 4.79 Å². The third-order valence-corrected chi connectivity index (χ3v) is 7.98. The summed E-state index contributed by atoms with van der Waals surface area (Å²) in [4.78, 5) is 12.9. The maximum atomic E-state index is 11.7. The van der Waals surface area contributed by atoms with Crippen LogP contribution < -0.4 is 0 Å². The molecule has 0 bridgehead atoms. The van der Waals surface area contributed by atoms with E-state index in [1.807, 2.05) is 30.3 Å². The van der Waals surface area contributed by atoms with Crippen LogP contribution in [-0.4, -0.2) is 23.4 Å². The predicted molar refractivity (Wildman–Crippen MR) is 154 cm³/mol. The number of hydrogen-bond acceptors (Lipinski definition) is 3. The van der Waals surface area contributed by atoms with Gasteiger partial charge in [-0.25, -0.2) is 4.79 Å². The van der Waals surface area contributed by atoms with Crippen molar-refractivity contribution in [3.8, 4) is 0 Å². The summed E-state index contributed by atoms with van der Waals surface area (Å²) in [5.41, 5.74) is 6.80. The average Bonchev–Trinajstić information content (AvgIpc) is 3.20. The van der Waals surface area contributed by atoms with Gasteiger partial charge in [-0.05, 0) is 72.5 Å². The van der Waals surface area contributed by atoms with Crippen molar-refractivity contribution >= 4 is 40.2 Å². The second-order valence-corrected chi connectivity index (χ2v) is 10.5. The second-order valence-electron chi connectivity index (χ2n) is 8.93. The summed E-state index contributed by atoms with van der Waals surface area (Å²) >= 11 is 8.28. The standard InChI is InChI=1S/C32H28ClNO2S/c1-22-28(19-20-37-27-16-13-25(14-17-27)32(35)36-2)29-21-26(33)15-18-30(29)34(22)31(23-9-5-3-6-10-23)24-11-7-4-8-12-24/h3-18,21,31H,19-20H2,1-2H3. The third-order valence-electron chi connectivity index (χ3n) is 6.73. The fourth-order valence-electron chi connectivity index (χ4n) is 4.97. The molecule has 5 heteroatoms. The van der Waals surface area contributed by atoms with Gasteiger partial charge in [-0.15, -0.1) is 11.8 Å². The van der Waals surface area contributed by atoms with E-state index < -0.39 is 0 Å². The normalized spacial score (nSPS) is 11.2. The highest BCUT2D eigenvalue weighted by Crippen LogP contribution is 2.37. The Morgan fingerprint density at radius 2 is 1.51 bits per heavy atom. The number of hydrogen-bond donors (Lipinski definition) is 0. The molecule has 5 aromatic rings. The van der Waals surface area contributed by atoms with Gasteiger partial charge < -0.3 is 9.30 Å². The maximum Gasteiger partial charge on any atom is 0.337 e. The molecule has 1 aromatic heterocycles. The smallest absolute Gasteiger partial charge is 0.337 e. The number of benzene rings is 4.